The van der Waals surface area contributed by atoms with Crippen molar-refractivity contribution in [3.8, 4) is 0 Å². The molecule has 0 heterocycles. The Morgan fingerprint density at radius 2 is 1.76 bits per heavy atom. The number of hydrogen-bond donors (Lipinski definition) is 0. The van der Waals surface area contributed by atoms with Crippen LogP contribution >= 0.6 is 0 Å². The second kappa shape index (κ2) is 6.94. The van der Waals surface area contributed by atoms with Gasteiger partial charge in [0.05, 0.1) is 0 Å². The van der Waals surface area contributed by atoms with E-state index in [-0.39, 0.29) is 11.6 Å². The molecule has 21 heavy (non-hydrogen) atoms. The van der Waals surface area contributed by atoms with Gasteiger partial charge < -0.3 is 9.16 Å². The third kappa shape index (κ3) is 5.05. The van der Waals surface area contributed by atoms with Crippen molar-refractivity contribution >= 4 is 14.3 Å². The van der Waals surface area contributed by atoms with Crippen LogP contribution in [-0.2, 0) is 20.6 Å². The van der Waals surface area contributed by atoms with Gasteiger partial charge in [-0.05, 0) is 36.7 Å². The van der Waals surface area contributed by atoms with Crippen molar-refractivity contribution in [1.29, 1.82) is 0 Å². The predicted molar refractivity (Wildman–Crippen MR) is 88.3 cm³/mol. The molecule has 0 aliphatic carbocycles. The summed E-state index contributed by atoms with van der Waals surface area (Å²) in [6, 6.07) is 9.63. The Balaban J connectivity index is 2.67. The van der Waals surface area contributed by atoms with Gasteiger partial charge in [0.2, 0.25) is 0 Å². The highest BCUT2D eigenvalue weighted by atomic mass is 28.4. The largest absolute Gasteiger partial charge is 0.539 e. The molecule has 0 spiro atoms. The number of benzene rings is 1. The molecule has 0 aliphatic heterocycles. The lowest BCUT2D eigenvalue weighted by Gasteiger charge is -2.36. The summed E-state index contributed by atoms with van der Waals surface area (Å²) in [6.07, 6.45) is 1.69. The third-order valence-corrected chi connectivity index (χ3v) is 8.19. The second-order valence-corrected chi connectivity index (χ2v) is 11.3. The lowest BCUT2D eigenvalue weighted by atomic mass is 10.2. The topological polar surface area (TPSA) is 35.5 Å². The number of ether oxygens (including phenoxy) is 1. The molecule has 0 saturated heterocycles. The maximum atomic E-state index is 12.2. The van der Waals surface area contributed by atoms with Crippen LogP contribution in [0.25, 0.3) is 0 Å². The van der Waals surface area contributed by atoms with Crippen LogP contribution in [-0.4, -0.2) is 14.3 Å². The fraction of sp³-hybridized carbons (Fsp3) is 0.471. The second-order valence-electron chi connectivity index (χ2n) is 6.58. The molecule has 1 aromatic carbocycles. The van der Waals surface area contributed by atoms with Crippen LogP contribution in [0.5, 0.6) is 0 Å². The van der Waals surface area contributed by atoms with E-state index in [9.17, 15) is 4.79 Å². The smallest absolute Gasteiger partial charge is 0.372 e. The molecule has 0 saturated carbocycles. The first-order valence-corrected chi connectivity index (χ1v) is 10.1. The van der Waals surface area contributed by atoms with Crippen molar-refractivity contribution in [3.63, 3.8) is 0 Å². The monoisotopic (exact) mass is 306 g/mol. The Labute approximate surface area is 129 Å². The molecule has 0 aliphatic rings. The Morgan fingerprint density at radius 1 is 1.19 bits per heavy atom. The molecule has 0 radical (unpaired) electrons. The average molecular weight is 306 g/mol. The third-order valence-electron chi connectivity index (χ3n) is 3.85. The molecule has 0 aromatic heterocycles. The number of carbonyl (C=O) groups is 1. The first-order valence-electron chi connectivity index (χ1n) is 7.24. The number of rotatable bonds is 5. The summed E-state index contributed by atoms with van der Waals surface area (Å²) in [7, 11) is -2.03. The SMILES string of the molecule is C/C=C(/O[Si](C)(C)C(C)(C)C)C(=O)OCc1ccccc1. The van der Waals surface area contributed by atoms with Gasteiger partial charge in [0.25, 0.3) is 8.32 Å². The normalized spacial score (nSPS) is 13.0. The molecule has 116 valence electrons. The van der Waals surface area contributed by atoms with Gasteiger partial charge in [0.1, 0.15) is 6.61 Å². The van der Waals surface area contributed by atoms with Crippen LogP contribution in [0.4, 0.5) is 0 Å². The van der Waals surface area contributed by atoms with Crippen molar-refractivity contribution < 1.29 is 14.0 Å². The highest BCUT2D eigenvalue weighted by Gasteiger charge is 2.40. The summed E-state index contributed by atoms with van der Waals surface area (Å²) < 4.78 is 11.4. The fourth-order valence-electron chi connectivity index (χ4n) is 1.44. The van der Waals surface area contributed by atoms with E-state index >= 15 is 0 Å². The highest BCUT2D eigenvalue weighted by Crippen LogP contribution is 2.38. The van der Waals surface area contributed by atoms with Crippen molar-refractivity contribution in [1.82, 2.24) is 0 Å². The average Bonchev–Trinajstić information content (AvgIpc) is 2.42. The van der Waals surface area contributed by atoms with Crippen molar-refractivity contribution in [3.05, 3.63) is 47.7 Å². The molecular formula is C17H26O3Si. The number of carbonyl (C=O) groups excluding carboxylic acids is 1. The molecule has 1 rings (SSSR count). The van der Waals surface area contributed by atoms with E-state index in [2.05, 4.69) is 33.9 Å². The Kier molecular flexibility index (Phi) is 5.78. The molecule has 0 fully saturated rings. The minimum absolute atomic E-state index is 0.0426. The van der Waals surface area contributed by atoms with Crippen molar-refractivity contribution in [2.24, 2.45) is 0 Å². The fourth-order valence-corrected chi connectivity index (χ4v) is 2.50. The molecule has 3 nitrogen and oxygen atoms in total. The van der Waals surface area contributed by atoms with E-state index in [4.69, 9.17) is 9.16 Å². The first kappa shape index (κ1) is 17.5. The molecule has 1 aromatic rings. The molecule has 0 unspecified atom stereocenters. The summed E-state index contributed by atoms with van der Waals surface area (Å²) in [5, 5.41) is 0.0426. The summed E-state index contributed by atoms with van der Waals surface area (Å²) >= 11 is 0. The Morgan fingerprint density at radius 3 is 2.24 bits per heavy atom. The van der Waals surface area contributed by atoms with Gasteiger partial charge in [-0.2, -0.15) is 0 Å². The summed E-state index contributed by atoms with van der Waals surface area (Å²) in [5.74, 6) is -0.0799. The van der Waals surface area contributed by atoms with E-state index in [1.807, 2.05) is 30.3 Å². The standard InChI is InChI=1S/C17H26O3Si/c1-7-15(20-21(5,6)17(2,3)4)16(18)19-13-14-11-9-8-10-12-14/h7-12H,13H2,1-6H3/b15-7+. The minimum Gasteiger partial charge on any atom is -0.539 e. The van der Waals surface area contributed by atoms with Gasteiger partial charge in [-0.1, -0.05) is 51.1 Å². The summed E-state index contributed by atoms with van der Waals surface area (Å²) in [6.45, 7) is 12.7. The van der Waals surface area contributed by atoms with Crippen LogP contribution in [0.1, 0.15) is 33.3 Å². The molecule has 0 bridgehead atoms. The van der Waals surface area contributed by atoms with Crippen LogP contribution in [0, 0.1) is 0 Å². The number of esters is 1. The highest BCUT2D eigenvalue weighted by molar-refractivity contribution is 6.74. The maximum Gasteiger partial charge on any atom is 0.372 e. The predicted octanol–water partition coefficient (Wildman–Crippen LogP) is 4.66. The van der Waals surface area contributed by atoms with Gasteiger partial charge in [-0.3, -0.25) is 0 Å². The first-order chi connectivity index (χ1) is 9.67. The van der Waals surface area contributed by atoms with Crippen LogP contribution in [0.15, 0.2) is 42.2 Å². The number of allylic oxidation sites excluding steroid dienone is 1. The molecule has 0 atom stereocenters. The van der Waals surface area contributed by atoms with Crippen molar-refractivity contribution in [2.75, 3.05) is 0 Å². The van der Waals surface area contributed by atoms with Gasteiger partial charge in [0.15, 0.2) is 5.76 Å². The minimum atomic E-state index is -2.03. The van der Waals surface area contributed by atoms with E-state index in [0.29, 0.717) is 5.76 Å². The van der Waals surface area contributed by atoms with Crippen LogP contribution in [0.3, 0.4) is 0 Å². The Bertz CT molecular complexity index is 499. The van der Waals surface area contributed by atoms with E-state index < -0.39 is 14.3 Å². The zero-order valence-electron chi connectivity index (χ0n) is 13.9. The van der Waals surface area contributed by atoms with Crippen molar-refractivity contribution in [2.45, 2.75) is 52.4 Å². The lowest BCUT2D eigenvalue weighted by molar-refractivity contribution is -0.143. The quantitative estimate of drug-likeness (QED) is 0.343. The van der Waals surface area contributed by atoms with Gasteiger partial charge >= 0.3 is 5.97 Å². The molecule has 4 heteroatoms. The summed E-state index contributed by atoms with van der Waals surface area (Å²) in [4.78, 5) is 12.2. The Hall–Kier alpha value is -1.55. The lowest BCUT2D eigenvalue weighted by Crippen LogP contribution is -2.41. The van der Waals surface area contributed by atoms with Crippen LogP contribution in [0.2, 0.25) is 18.1 Å². The molecular weight excluding hydrogens is 280 g/mol. The molecule has 0 N–H and O–H groups in total. The van der Waals surface area contributed by atoms with Gasteiger partial charge in [-0.15, -0.1) is 0 Å². The van der Waals surface area contributed by atoms with Gasteiger partial charge in [0, 0.05) is 0 Å². The van der Waals surface area contributed by atoms with Crippen LogP contribution < -0.4 is 0 Å². The molecule has 0 amide bonds. The zero-order valence-corrected chi connectivity index (χ0v) is 14.9. The van der Waals surface area contributed by atoms with E-state index in [1.165, 1.54) is 0 Å². The van der Waals surface area contributed by atoms with E-state index in [1.54, 1.807) is 13.0 Å². The maximum absolute atomic E-state index is 12.2. The summed E-state index contributed by atoms with van der Waals surface area (Å²) in [5.41, 5.74) is 0.966. The zero-order chi connectivity index (χ0) is 16.1. The number of hydrogen-bond acceptors (Lipinski definition) is 3. The van der Waals surface area contributed by atoms with Gasteiger partial charge in [-0.25, -0.2) is 4.79 Å². The van der Waals surface area contributed by atoms with E-state index in [0.717, 1.165) is 5.56 Å².